The van der Waals surface area contributed by atoms with Gasteiger partial charge in [0, 0.05) is 18.5 Å². The molecule has 0 aliphatic carbocycles. The topological polar surface area (TPSA) is 51.9 Å². The van der Waals surface area contributed by atoms with Crippen LogP contribution in [-0.2, 0) is 13.0 Å². The van der Waals surface area contributed by atoms with Crippen molar-refractivity contribution >= 4 is 5.91 Å². The van der Waals surface area contributed by atoms with Gasteiger partial charge in [0.1, 0.15) is 5.76 Å². The summed E-state index contributed by atoms with van der Waals surface area (Å²) in [6.45, 7) is 2.24. The number of furan rings is 1. The maximum atomic E-state index is 13.3. The summed E-state index contributed by atoms with van der Waals surface area (Å²) in [5, 5.41) is 0. The number of hydrogen-bond acceptors (Lipinski definition) is 4. The van der Waals surface area contributed by atoms with Crippen LogP contribution < -0.4 is 9.47 Å². The molecule has 0 spiro atoms. The Balaban J connectivity index is 1.54. The average molecular weight is 377 g/mol. The van der Waals surface area contributed by atoms with Crippen molar-refractivity contribution in [3.05, 3.63) is 83.8 Å². The monoisotopic (exact) mass is 377 g/mol. The maximum Gasteiger partial charge on any atom is 0.254 e. The van der Waals surface area contributed by atoms with E-state index in [9.17, 15) is 4.79 Å². The van der Waals surface area contributed by atoms with Gasteiger partial charge >= 0.3 is 0 Å². The van der Waals surface area contributed by atoms with Crippen molar-refractivity contribution < 1.29 is 18.7 Å². The SMILES string of the molecule is O=C(c1ccc2c(c1)OCCCO2)N(CCc1ccccc1)Cc1ccco1. The Labute approximate surface area is 164 Å². The van der Waals surface area contributed by atoms with Gasteiger partial charge in [-0.15, -0.1) is 0 Å². The molecule has 1 aliphatic rings. The highest BCUT2D eigenvalue weighted by Gasteiger charge is 2.20. The Morgan fingerprint density at radius 1 is 0.929 bits per heavy atom. The molecule has 0 saturated heterocycles. The van der Waals surface area contributed by atoms with Crippen LogP contribution in [0, 0.1) is 0 Å². The van der Waals surface area contributed by atoms with Gasteiger partial charge < -0.3 is 18.8 Å². The lowest BCUT2D eigenvalue weighted by Gasteiger charge is -2.22. The van der Waals surface area contributed by atoms with Crippen LogP contribution in [0.25, 0.3) is 0 Å². The molecule has 28 heavy (non-hydrogen) atoms. The lowest BCUT2D eigenvalue weighted by molar-refractivity contribution is 0.0733. The summed E-state index contributed by atoms with van der Waals surface area (Å²) in [5.41, 5.74) is 1.78. The summed E-state index contributed by atoms with van der Waals surface area (Å²) >= 11 is 0. The molecule has 1 aliphatic heterocycles. The molecule has 2 heterocycles. The van der Waals surface area contributed by atoms with E-state index >= 15 is 0 Å². The Bertz CT molecular complexity index is 906. The number of carbonyl (C=O) groups excluding carboxylic acids is 1. The molecule has 0 fully saturated rings. The number of benzene rings is 2. The van der Waals surface area contributed by atoms with Crippen LogP contribution in [0.5, 0.6) is 11.5 Å². The van der Waals surface area contributed by atoms with Crippen molar-refractivity contribution in [1.29, 1.82) is 0 Å². The zero-order valence-corrected chi connectivity index (χ0v) is 15.7. The van der Waals surface area contributed by atoms with Gasteiger partial charge in [0.2, 0.25) is 0 Å². The lowest BCUT2D eigenvalue weighted by Crippen LogP contribution is -2.32. The normalized spacial score (nSPS) is 13.0. The number of ether oxygens (including phenoxy) is 2. The molecule has 0 unspecified atom stereocenters. The molecule has 5 nitrogen and oxygen atoms in total. The molecule has 1 amide bonds. The van der Waals surface area contributed by atoms with Crippen LogP contribution in [0.1, 0.15) is 28.1 Å². The van der Waals surface area contributed by atoms with Gasteiger partial charge in [0.25, 0.3) is 5.91 Å². The van der Waals surface area contributed by atoms with Crippen LogP contribution in [0.15, 0.2) is 71.3 Å². The Kier molecular flexibility index (Phi) is 5.61. The first-order chi connectivity index (χ1) is 13.8. The summed E-state index contributed by atoms with van der Waals surface area (Å²) in [6.07, 6.45) is 3.24. The Morgan fingerprint density at radius 2 is 1.75 bits per heavy atom. The van der Waals surface area contributed by atoms with Crippen molar-refractivity contribution in [3.63, 3.8) is 0 Å². The highest BCUT2D eigenvalue weighted by atomic mass is 16.5. The highest BCUT2D eigenvalue weighted by Crippen LogP contribution is 2.31. The smallest absolute Gasteiger partial charge is 0.254 e. The van der Waals surface area contributed by atoms with Gasteiger partial charge in [-0.25, -0.2) is 0 Å². The predicted octanol–water partition coefficient (Wildman–Crippen LogP) is 4.33. The number of nitrogens with zero attached hydrogens (tertiary/aromatic N) is 1. The molecule has 3 aromatic rings. The minimum Gasteiger partial charge on any atom is -0.490 e. The minimum absolute atomic E-state index is 0.0528. The fourth-order valence-electron chi connectivity index (χ4n) is 3.23. The lowest BCUT2D eigenvalue weighted by atomic mass is 10.1. The molecule has 0 atom stereocenters. The standard InChI is InChI=1S/C23H23NO4/c25-23(19-9-10-21-22(16-19)28-15-5-14-27-21)24(17-20-8-4-13-26-20)12-11-18-6-2-1-3-7-18/h1-4,6-10,13,16H,5,11-12,14-15,17H2. The molecule has 0 bridgehead atoms. The van der Waals surface area contributed by atoms with Gasteiger partial charge in [-0.05, 0) is 42.3 Å². The van der Waals surface area contributed by atoms with Crippen molar-refractivity contribution in [2.45, 2.75) is 19.4 Å². The van der Waals surface area contributed by atoms with Crippen LogP contribution in [0.4, 0.5) is 0 Å². The fourth-order valence-corrected chi connectivity index (χ4v) is 3.23. The highest BCUT2D eigenvalue weighted by molar-refractivity contribution is 5.95. The number of amides is 1. The third-order valence-corrected chi connectivity index (χ3v) is 4.72. The molecular weight excluding hydrogens is 354 g/mol. The summed E-state index contributed by atoms with van der Waals surface area (Å²) in [7, 11) is 0. The van der Waals surface area contributed by atoms with Gasteiger partial charge in [0.05, 0.1) is 26.0 Å². The first kappa shape index (κ1) is 18.2. The summed E-state index contributed by atoms with van der Waals surface area (Å²) < 4.78 is 16.9. The summed E-state index contributed by atoms with van der Waals surface area (Å²) in [5.74, 6) is 2.03. The maximum absolute atomic E-state index is 13.3. The quantitative estimate of drug-likeness (QED) is 0.642. The Morgan fingerprint density at radius 3 is 2.54 bits per heavy atom. The molecular formula is C23H23NO4. The predicted molar refractivity (Wildman–Crippen MR) is 106 cm³/mol. The van der Waals surface area contributed by atoms with Crippen LogP contribution in [-0.4, -0.2) is 30.6 Å². The van der Waals surface area contributed by atoms with E-state index in [1.54, 1.807) is 18.4 Å². The van der Waals surface area contributed by atoms with Crippen molar-refractivity contribution in [2.24, 2.45) is 0 Å². The molecule has 144 valence electrons. The summed E-state index contributed by atoms with van der Waals surface area (Å²) in [6, 6.07) is 19.3. The van der Waals surface area contributed by atoms with E-state index in [0.29, 0.717) is 43.4 Å². The van der Waals surface area contributed by atoms with Gasteiger partial charge in [-0.1, -0.05) is 30.3 Å². The molecule has 2 aromatic carbocycles. The number of fused-ring (bicyclic) bond motifs is 1. The van der Waals surface area contributed by atoms with E-state index in [4.69, 9.17) is 13.9 Å². The van der Waals surface area contributed by atoms with Gasteiger partial charge in [-0.2, -0.15) is 0 Å². The third kappa shape index (κ3) is 4.36. The van der Waals surface area contributed by atoms with Crippen LogP contribution >= 0.6 is 0 Å². The largest absolute Gasteiger partial charge is 0.490 e. The third-order valence-electron chi connectivity index (χ3n) is 4.72. The molecule has 4 rings (SSSR count). The number of hydrogen-bond donors (Lipinski definition) is 0. The summed E-state index contributed by atoms with van der Waals surface area (Å²) in [4.78, 5) is 15.1. The Hall–Kier alpha value is -3.21. The van der Waals surface area contributed by atoms with Crippen molar-refractivity contribution in [1.82, 2.24) is 4.90 Å². The van der Waals surface area contributed by atoms with E-state index in [-0.39, 0.29) is 5.91 Å². The van der Waals surface area contributed by atoms with Crippen LogP contribution in [0.2, 0.25) is 0 Å². The van der Waals surface area contributed by atoms with Gasteiger partial charge in [-0.3, -0.25) is 4.79 Å². The average Bonchev–Trinajstić information content (AvgIpc) is 3.14. The first-order valence-corrected chi connectivity index (χ1v) is 9.55. The van der Waals surface area contributed by atoms with E-state index in [1.165, 1.54) is 5.56 Å². The van der Waals surface area contributed by atoms with Crippen LogP contribution in [0.3, 0.4) is 0 Å². The van der Waals surface area contributed by atoms with E-state index in [1.807, 2.05) is 41.3 Å². The van der Waals surface area contributed by atoms with Gasteiger partial charge in [0.15, 0.2) is 11.5 Å². The van der Waals surface area contributed by atoms with E-state index < -0.39 is 0 Å². The molecule has 0 saturated carbocycles. The second-order valence-corrected chi connectivity index (χ2v) is 6.75. The van der Waals surface area contributed by atoms with E-state index in [0.717, 1.165) is 18.6 Å². The zero-order chi connectivity index (χ0) is 19.2. The second-order valence-electron chi connectivity index (χ2n) is 6.75. The second kappa shape index (κ2) is 8.65. The zero-order valence-electron chi connectivity index (χ0n) is 15.7. The number of rotatable bonds is 6. The molecule has 5 heteroatoms. The van der Waals surface area contributed by atoms with Crippen molar-refractivity contribution in [2.75, 3.05) is 19.8 Å². The fraction of sp³-hybridized carbons (Fsp3) is 0.261. The van der Waals surface area contributed by atoms with Crippen molar-refractivity contribution in [3.8, 4) is 11.5 Å². The molecule has 0 N–H and O–H groups in total. The number of carbonyl (C=O) groups is 1. The van der Waals surface area contributed by atoms with E-state index in [2.05, 4.69) is 12.1 Å². The molecule has 1 aromatic heterocycles. The first-order valence-electron chi connectivity index (χ1n) is 9.55. The molecule has 0 radical (unpaired) electrons. The minimum atomic E-state index is -0.0528.